The molecule has 0 aliphatic carbocycles. The average Bonchev–Trinajstić information content (AvgIpc) is 2.63. The molecule has 0 spiro atoms. The van der Waals surface area contributed by atoms with Gasteiger partial charge in [-0.05, 0) is 38.8 Å². The van der Waals surface area contributed by atoms with Crippen LogP contribution in [-0.2, 0) is 11.2 Å². The van der Waals surface area contributed by atoms with Crippen molar-refractivity contribution in [1.82, 2.24) is 15.1 Å². The number of carbonyl (C=O) groups is 1. The number of likely N-dealkylation sites (N-methyl/N-ethyl adjacent to an activating group) is 2. The Balaban J connectivity index is 2.71. The molecular weight excluding hydrogens is 332 g/mol. The largest absolute Gasteiger partial charge is 0.508 e. The topological polar surface area (TPSA) is 77.4 Å². The minimum atomic E-state index is 0.0795. The summed E-state index contributed by atoms with van der Waals surface area (Å²) >= 11 is 0. The third-order valence-corrected chi connectivity index (χ3v) is 4.12. The lowest BCUT2D eigenvalue weighted by Gasteiger charge is -2.25. The fourth-order valence-corrected chi connectivity index (χ4v) is 2.59. The third-order valence-electron chi connectivity index (χ3n) is 4.12. The normalized spacial score (nSPS) is 11.2. The molecule has 1 aromatic rings. The van der Waals surface area contributed by atoms with Gasteiger partial charge in [-0.25, -0.2) is 0 Å². The molecule has 0 aliphatic heterocycles. The first-order valence-corrected chi connectivity index (χ1v) is 9.09. The molecular formula is C19H32N4O3. The number of ether oxygens (including phenoxy) is 1. The van der Waals surface area contributed by atoms with E-state index in [1.807, 2.05) is 44.9 Å². The molecule has 0 atom stereocenters. The molecule has 0 aromatic heterocycles. The van der Waals surface area contributed by atoms with Crippen LogP contribution in [0.5, 0.6) is 11.5 Å². The quantitative estimate of drug-likeness (QED) is 0.515. The van der Waals surface area contributed by atoms with E-state index in [1.54, 1.807) is 18.1 Å². The van der Waals surface area contributed by atoms with E-state index in [1.165, 1.54) is 0 Å². The van der Waals surface area contributed by atoms with E-state index in [2.05, 4.69) is 10.3 Å². The van der Waals surface area contributed by atoms with Gasteiger partial charge in [-0.2, -0.15) is 0 Å². The highest BCUT2D eigenvalue weighted by atomic mass is 16.5. The molecule has 0 saturated heterocycles. The van der Waals surface area contributed by atoms with Gasteiger partial charge in [0.1, 0.15) is 11.5 Å². The molecule has 0 bridgehead atoms. The molecule has 0 unspecified atom stereocenters. The number of phenols is 1. The SMILES string of the molecule is CCNC(=NCCc1ccc(OC)cc1O)N(C)CC(=O)N(CC)CC. The summed E-state index contributed by atoms with van der Waals surface area (Å²) in [6.45, 7) is 8.85. The second kappa shape index (κ2) is 11.2. The molecule has 0 heterocycles. The van der Waals surface area contributed by atoms with Gasteiger partial charge in [-0.15, -0.1) is 0 Å². The van der Waals surface area contributed by atoms with Gasteiger partial charge >= 0.3 is 0 Å². The van der Waals surface area contributed by atoms with Crippen molar-refractivity contribution in [2.24, 2.45) is 4.99 Å². The van der Waals surface area contributed by atoms with Gasteiger partial charge in [0.05, 0.1) is 13.7 Å². The molecule has 0 fully saturated rings. The molecule has 2 N–H and O–H groups in total. The van der Waals surface area contributed by atoms with Crippen molar-refractivity contribution in [3.8, 4) is 11.5 Å². The fourth-order valence-electron chi connectivity index (χ4n) is 2.59. The van der Waals surface area contributed by atoms with Crippen molar-refractivity contribution < 1.29 is 14.6 Å². The van der Waals surface area contributed by atoms with Crippen molar-refractivity contribution in [3.63, 3.8) is 0 Å². The Morgan fingerprint density at radius 1 is 1.27 bits per heavy atom. The van der Waals surface area contributed by atoms with E-state index in [9.17, 15) is 9.90 Å². The summed E-state index contributed by atoms with van der Waals surface area (Å²) in [6.07, 6.45) is 0.600. The number of amides is 1. The lowest BCUT2D eigenvalue weighted by molar-refractivity contribution is -0.131. The Kier molecular flexibility index (Phi) is 9.33. The number of aromatic hydroxyl groups is 1. The van der Waals surface area contributed by atoms with Gasteiger partial charge in [0.15, 0.2) is 5.96 Å². The second-order valence-corrected chi connectivity index (χ2v) is 5.90. The standard InChI is InChI=1S/C19H32N4O3/c1-6-20-19(22(4)14-18(25)23(7-2)8-3)21-12-11-15-9-10-16(26-5)13-17(15)24/h9-10,13,24H,6-8,11-12,14H2,1-5H3,(H,20,21). The van der Waals surface area contributed by atoms with Gasteiger partial charge in [0.25, 0.3) is 0 Å². The van der Waals surface area contributed by atoms with Crippen LogP contribution in [0.25, 0.3) is 0 Å². The maximum atomic E-state index is 12.3. The lowest BCUT2D eigenvalue weighted by atomic mass is 10.1. The molecule has 1 amide bonds. The number of methoxy groups -OCH3 is 1. The number of hydrogen-bond donors (Lipinski definition) is 2. The number of benzene rings is 1. The fraction of sp³-hybridized carbons (Fsp3) is 0.579. The van der Waals surface area contributed by atoms with Crippen LogP contribution in [0.2, 0.25) is 0 Å². The number of carbonyl (C=O) groups excluding carboxylic acids is 1. The van der Waals surface area contributed by atoms with Crippen LogP contribution in [0.3, 0.4) is 0 Å². The summed E-state index contributed by atoms with van der Waals surface area (Å²) in [4.78, 5) is 20.5. The third kappa shape index (κ3) is 6.46. The van der Waals surface area contributed by atoms with Crippen molar-refractivity contribution in [3.05, 3.63) is 23.8 Å². The van der Waals surface area contributed by atoms with Gasteiger partial charge < -0.3 is 25.0 Å². The zero-order valence-electron chi connectivity index (χ0n) is 16.6. The highest BCUT2D eigenvalue weighted by Crippen LogP contribution is 2.23. The number of phenolic OH excluding ortho intramolecular Hbond substituents is 1. The van der Waals surface area contributed by atoms with Crippen LogP contribution in [0.4, 0.5) is 0 Å². The Labute approximate surface area is 156 Å². The molecule has 26 heavy (non-hydrogen) atoms. The Bertz CT molecular complexity index is 600. The zero-order valence-corrected chi connectivity index (χ0v) is 16.6. The monoisotopic (exact) mass is 364 g/mol. The molecule has 0 aliphatic rings. The van der Waals surface area contributed by atoms with E-state index in [0.717, 1.165) is 12.1 Å². The van der Waals surface area contributed by atoms with Crippen molar-refractivity contribution in [2.45, 2.75) is 27.2 Å². The molecule has 146 valence electrons. The molecule has 0 radical (unpaired) electrons. The summed E-state index contributed by atoms with van der Waals surface area (Å²) in [5.41, 5.74) is 0.812. The van der Waals surface area contributed by atoms with Crippen molar-refractivity contribution in [2.75, 3.05) is 46.9 Å². The summed E-state index contributed by atoms with van der Waals surface area (Å²) in [7, 11) is 3.42. The van der Waals surface area contributed by atoms with Crippen LogP contribution in [0, 0.1) is 0 Å². The smallest absolute Gasteiger partial charge is 0.242 e. The summed E-state index contributed by atoms with van der Waals surface area (Å²) in [5, 5.41) is 13.2. The summed E-state index contributed by atoms with van der Waals surface area (Å²) in [6, 6.07) is 5.25. The average molecular weight is 364 g/mol. The Hall–Kier alpha value is -2.44. The Morgan fingerprint density at radius 2 is 1.96 bits per heavy atom. The molecule has 7 nitrogen and oxygen atoms in total. The first-order valence-electron chi connectivity index (χ1n) is 9.09. The molecule has 0 saturated carbocycles. The number of rotatable bonds is 9. The van der Waals surface area contributed by atoms with Crippen LogP contribution in [-0.4, -0.2) is 73.7 Å². The first kappa shape index (κ1) is 21.6. The van der Waals surface area contributed by atoms with E-state index < -0.39 is 0 Å². The highest BCUT2D eigenvalue weighted by Gasteiger charge is 2.15. The highest BCUT2D eigenvalue weighted by molar-refractivity contribution is 5.86. The number of nitrogens with zero attached hydrogens (tertiary/aromatic N) is 3. The van der Waals surface area contributed by atoms with Gasteiger partial charge in [0, 0.05) is 39.3 Å². The summed E-state index contributed by atoms with van der Waals surface area (Å²) < 4.78 is 5.09. The maximum absolute atomic E-state index is 12.3. The van der Waals surface area contributed by atoms with Crippen molar-refractivity contribution in [1.29, 1.82) is 0 Å². The van der Waals surface area contributed by atoms with E-state index in [-0.39, 0.29) is 18.2 Å². The van der Waals surface area contributed by atoms with Crippen LogP contribution >= 0.6 is 0 Å². The minimum Gasteiger partial charge on any atom is -0.508 e. The van der Waals surface area contributed by atoms with E-state index in [4.69, 9.17) is 4.74 Å². The lowest BCUT2D eigenvalue weighted by Crippen LogP contribution is -2.45. The predicted octanol–water partition coefficient (Wildman–Crippen LogP) is 1.71. The Morgan fingerprint density at radius 3 is 2.50 bits per heavy atom. The van der Waals surface area contributed by atoms with E-state index in [0.29, 0.717) is 37.8 Å². The van der Waals surface area contributed by atoms with Crippen LogP contribution in [0.1, 0.15) is 26.3 Å². The van der Waals surface area contributed by atoms with E-state index >= 15 is 0 Å². The molecule has 7 heteroatoms. The van der Waals surface area contributed by atoms with Crippen LogP contribution < -0.4 is 10.1 Å². The molecule has 1 rings (SSSR count). The first-order chi connectivity index (χ1) is 12.5. The number of guanidine groups is 1. The van der Waals surface area contributed by atoms with Gasteiger partial charge in [-0.1, -0.05) is 6.07 Å². The minimum absolute atomic E-state index is 0.0795. The molecule has 1 aromatic carbocycles. The maximum Gasteiger partial charge on any atom is 0.242 e. The summed E-state index contributed by atoms with van der Waals surface area (Å²) in [5.74, 6) is 1.59. The van der Waals surface area contributed by atoms with Crippen molar-refractivity contribution >= 4 is 11.9 Å². The number of nitrogens with one attached hydrogen (secondary N) is 1. The van der Waals surface area contributed by atoms with Gasteiger partial charge in [-0.3, -0.25) is 9.79 Å². The number of aliphatic imine (C=N–C) groups is 1. The van der Waals surface area contributed by atoms with Crippen LogP contribution in [0.15, 0.2) is 23.2 Å². The van der Waals surface area contributed by atoms with Gasteiger partial charge in [0.2, 0.25) is 5.91 Å². The number of hydrogen-bond acceptors (Lipinski definition) is 4. The second-order valence-electron chi connectivity index (χ2n) is 5.90. The predicted molar refractivity (Wildman–Crippen MR) is 105 cm³/mol. The zero-order chi connectivity index (χ0) is 19.5.